The van der Waals surface area contributed by atoms with Crippen LogP contribution >= 0.6 is 0 Å². The molecule has 0 N–H and O–H groups in total. The van der Waals surface area contributed by atoms with Crippen molar-refractivity contribution >= 4 is 11.8 Å². The van der Waals surface area contributed by atoms with Gasteiger partial charge in [-0.2, -0.15) is 0 Å². The van der Waals surface area contributed by atoms with Gasteiger partial charge >= 0.3 is 5.97 Å². The van der Waals surface area contributed by atoms with Crippen LogP contribution in [0, 0.1) is 34.5 Å². The van der Waals surface area contributed by atoms with Crippen LogP contribution in [-0.4, -0.2) is 17.9 Å². The third kappa shape index (κ3) is 3.39. The molecule has 0 bridgehead atoms. The summed E-state index contributed by atoms with van der Waals surface area (Å²) in [5, 5.41) is 0. The molecule has 3 nitrogen and oxygen atoms in total. The minimum atomic E-state index is 0.0579. The summed E-state index contributed by atoms with van der Waals surface area (Å²) in [6, 6.07) is 0. The zero-order chi connectivity index (χ0) is 20.9. The number of fused-ring (bicyclic) bond motifs is 5. The molecule has 0 aromatic heterocycles. The molecule has 3 heteroatoms. The Kier molecular flexibility index (Phi) is 5.39. The van der Waals surface area contributed by atoms with Gasteiger partial charge in [-0.05, 0) is 86.5 Å². The third-order valence-electron chi connectivity index (χ3n) is 10.4. The second kappa shape index (κ2) is 7.78. The lowest BCUT2D eigenvalue weighted by Gasteiger charge is -2.57. The molecule has 0 spiro atoms. The Morgan fingerprint density at radius 2 is 1.80 bits per heavy atom. The summed E-state index contributed by atoms with van der Waals surface area (Å²) < 4.78 is 6.17. The van der Waals surface area contributed by atoms with Crippen molar-refractivity contribution in [2.75, 3.05) is 0 Å². The molecule has 0 aromatic rings. The van der Waals surface area contributed by atoms with Crippen molar-refractivity contribution in [3.8, 4) is 0 Å². The molecule has 5 aliphatic carbocycles. The molecule has 0 amide bonds. The average molecular weight is 413 g/mol. The lowest BCUT2D eigenvalue weighted by Crippen LogP contribution is -2.51. The minimum absolute atomic E-state index is 0.0579. The van der Waals surface area contributed by atoms with Crippen molar-refractivity contribution in [3.63, 3.8) is 0 Å². The summed E-state index contributed by atoms with van der Waals surface area (Å²) in [6.07, 6.45) is 17.8. The topological polar surface area (TPSA) is 43.4 Å². The Morgan fingerprint density at radius 3 is 2.60 bits per heavy atom. The molecule has 0 aromatic carbocycles. The maximum atomic E-state index is 12.7. The monoisotopic (exact) mass is 412 g/mol. The van der Waals surface area contributed by atoms with Gasteiger partial charge in [-0.3, -0.25) is 9.59 Å². The number of carbonyl (C=O) groups is 2. The van der Waals surface area contributed by atoms with Crippen molar-refractivity contribution in [1.29, 1.82) is 0 Å². The van der Waals surface area contributed by atoms with Crippen LogP contribution in [0.15, 0.2) is 11.6 Å². The SMILES string of the molecule is C[C@]12CC[C@H]3[C@@H](CCC4=CC(=O)CC[C@@]43C)[C@H]1CC[C@H]2OC(=O)CCC1CCCC1. The Hall–Kier alpha value is -1.12. The van der Waals surface area contributed by atoms with Gasteiger partial charge in [-0.15, -0.1) is 0 Å². The first-order valence-corrected chi connectivity index (χ1v) is 12.8. The number of esters is 1. The van der Waals surface area contributed by atoms with Crippen LogP contribution in [0.25, 0.3) is 0 Å². The highest BCUT2D eigenvalue weighted by atomic mass is 16.5. The minimum Gasteiger partial charge on any atom is -0.462 e. The Morgan fingerprint density at radius 1 is 1.00 bits per heavy atom. The third-order valence-corrected chi connectivity index (χ3v) is 10.4. The number of hydrogen-bond donors (Lipinski definition) is 0. The van der Waals surface area contributed by atoms with Gasteiger partial charge in [0.15, 0.2) is 5.78 Å². The van der Waals surface area contributed by atoms with E-state index in [1.807, 2.05) is 6.08 Å². The molecular formula is C27H40O3. The summed E-state index contributed by atoms with van der Waals surface area (Å²) in [5.74, 6) is 3.28. The van der Waals surface area contributed by atoms with Gasteiger partial charge in [0, 0.05) is 18.3 Å². The van der Waals surface area contributed by atoms with Gasteiger partial charge in [0.25, 0.3) is 0 Å². The average Bonchev–Trinajstić information content (AvgIpc) is 3.35. The van der Waals surface area contributed by atoms with Crippen molar-refractivity contribution in [2.24, 2.45) is 34.5 Å². The number of allylic oxidation sites excluding steroid dienone is 1. The van der Waals surface area contributed by atoms with Gasteiger partial charge in [-0.1, -0.05) is 45.1 Å². The summed E-state index contributed by atoms with van der Waals surface area (Å²) >= 11 is 0. The number of rotatable bonds is 4. The fourth-order valence-corrected chi connectivity index (χ4v) is 8.54. The molecule has 166 valence electrons. The molecule has 0 saturated heterocycles. The van der Waals surface area contributed by atoms with Gasteiger partial charge < -0.3 is 4.74 Å². The molecule has 6 atom stereocenters. The fourth-order valence-electron chi connectivity index (χ4n) is 8.54. The molecule has 4 saturated carbocycles. The Bertz CT molecular complexity index is 732. The van der Waals surface area contributed by atoms with Crippen LogP contribution < -0.4 is 0 Å². The summed E-state index contributed by atoms with van der Waals surface area (Å²) in [7, 11) is 0. The number of carbonyl (C=O) groups excluding carboxylic acids is 2. The summed E-state index contributed by atoms with van der Waals surface area (Å²) in [6.45, 7) is 4.87. The predicted molar refractivity (Wildman–Crippen MR) is 118 cm³/mol. The Labute approximate surface area is 182 Å². The van der Waals surface area contributed by atoms with E-state index in [9.17, 15) is 9.59 Å². The maximum Gasteiger partial charge on any atom is 0.306 e. The molecule has 30 heavy (non-hydrogen) atoms. The molecule has 0 aliphatic heterocycles. The van der Waals surface area contributed by atoms with Crippen molar-refractivity contribution in [3.05, 3.63) is 11.6 Å². The summed E-state index contributed by atoms with van der Waals surface area (Å²) in [4.78, 5) is 24.7. The molecule has 0 unspecified atom stereocenters. The lowest BCUT2D eigenvalue weighted by molar-refractivity contribution is -0.160. The number of ketones is 1. The predicted octanol–water partition coefficient (Wildman–Crippen LogP) is 6.40. The van der Waals surface area contributed by atoms with E-state index < -0.39 is 0 Å². The van der Waals surface area contributed by atoms with Crippen LogP contribution in [0.2, 0.25) is 0 Å². The molecule has 0 radical (unpaired) electrons. The highest BCUT2D eigenvalue weighted by molar-refractivity contribution is 5.91. The maximum absolute atomic E-state index is 12.7. The van der Waals surface area contributed by atoms with Gasteiger partial charge in [0.05, 0.1) is 0 Å². The standard InChI is InChI=1S/C27H40O3/c1-26-15-13-20(28)17-19(26)8-9-21-22-10-11-24(27(22,2)16-14-23(21)26)30-25(29)12-7-18-5-3-4-6-18/h17-18,21-24H,3-16H2,1-2H3/t21-,22+,23-,24+,26-,27-/m0/s1. The van der Waals surface area contributed by atoms with E-state index in [-0.39, 0.29) is 22.9 Å². The number of hydrogen-bond acceptors (Lipinski definition) is 3. The fraction of sp³-hybridized carbons (Fsp3) is 0.852. The second-order valence-corrected chi connectivity index (χ2v) is 11.8. The van der Waals surface area contributed by atoms with Crippen molar-refractivity contribution in [2.45, 2.75) is 110 Å². The lowest BCUT2D eigenvalue weighted by atomic mass is 9.47. The first kappa shape index (κ1) is 20.8. The zero-order valence-electron chi connectivity index (χ0n) is 19.1. The first-order chi connectivity index (χ1) is 14.4. The second-order valence-electron chi connectivity index (χ2n) is 11.8. The zero-order valence-corrected chi connectivity index (χ0v) is 19.1. The van der Waals surface area contributed by atoms with E-state index in [1.54, 1.807) is 0 Å². The van der Waals surface area contributed by atoms with Crippen LogP contribution in [0.1, 0.15) is 104 Å². The van der Waals surface area contributed by atoms with E-state index in [0.29, 0.717) is 24.0 Å². The van der Waals surface area contributed by atoms with Crippen LogP contribution in [-0.2, 0) is 14.3 Å². The highest BCUT2D eigenvalue weighted by Crippen LogP contribution is 2.65. The van der Waals surface area contributed by atoms with Gasteiger partial charge in [0.1, 0.15) is 6.10 Å². The molecule has 4 fully saturated rings. The van der Waals surface area contributed by atoms with Gasteiger partial charge in [-0.25, -0.2) is 0 Å². The van der Waals surface area contributed by atoms with Gasteiger partial charge in [0.2, 0.25) is 0 Å². The van der Waals surface area contributed by atoms with E-state index in [1.165, 1.54) is 56.9 Å². The van der Waals surface area contributed by atoms with Crippen LogP contribution in [0.4, 0.5) is 0 Å². The molecular weight excluding hydrogens is 372 g/mol. The highest BCUT2D eigenvalue weighted by Gasteiger charge is 2.59. The number of ether oxygens (including phenoxy) is 1. The molecule has 5 aliphatic rings. The smallest absolute Gasteiger partial charge is 0.306 e. The van der Waals surface area contributed by atoms with E-state index in [0.717, 1.165) is 43.9 Å². The molecule has 0 heterocycles. The first-order valence-electron chi connectivity index (χ1n) is 12.8. The van der Waals surface area contributed by atoms with Crippen molar-refractivity contribution < 1.29 is 14.3 Å². The normalized spacial score (nSPS) is 43.5. The molecule has 5 rings (SSSR count). The Balaban J connectivity index is 1.25. The quantitative estimate of drug-likeness (QED) is 0.502. The van der Waals surface area contributed by atoms with E-state index >= 15 is 0 Å². The van der Waals surface area contributed by atoms with Crippen LogP contribution in [0.5, 0.6) is 0 Å². The largest absolute Gasteiger partial charge is 0.462 e. The summed E-state index contributed by atoms with van der Waals surface area (Å²) in [5.41, 5.74) is 1.83. The van der Waals surface area contributed by atoms with E-state index in [2.05, 4.69) is 13.8 Å². The van der Waals surface area contributed by atoms with Crippen LogP contribution in [0.3, 0.4) is 0 Å². The van der Waals surface area contributed by atoms with Crippen molar-refractivity contribution in [1.82, 2.24) is 0 Å². The van der Waals surface area contributed by atoms with E-state index in [4.69, 9.17) is 4.74 Å².